The van der Waals surface area contributed by atoms with Gasteiger partial charge < -0.3 is 20.1 Å². The van der Waals surface area contributed by atoms with E-state index in [0.717, 1.165) is 25.0 Å². The van der Waals surface area contributed by atoms with Gasteiger partial charge in [0.1, 0.15) is 23.8 Å². The first-order chi connectivity index (χ1) is 26.1. The van der Waals surface area contributed by atoms with E-state index < -0.39 is 25.3 Å². The van der Waals surface area contributed by atoms with E-state index in [1.807, 2.05) is 25.1 Å². The fourth-order valence-corrected chi connectivity index (χ4v) is 8.05. The zero-order valence-corrected chi connectivity index (χ0v) is 33.5. The third kappa shape index (κ3) is 15.3. The summed E-state index contributed by atoms with van der Waals surface area (Å²) in [6, 6.07) is 9.76. The normalized spacial score (nSPS) is 18.9. The Labute approximate surface area is 321 Å². The molecule has 11 nitrogen and oxygen atoms in total. The Hall–Kier alpha value is -2.91. The molecule has 1 saturated heterocycles. The first-order valence-corrected chi connectivity index (χ1v) is 21.8. The average Bonchev–Trinajstić information content (AvgIpc) is 3.77. The summed E-state index contributed by atoms with van der Waals surface area (Å²) in [5.41, 5.74) is 7.37. The summed E-state index contributed by atoms with van der Waals surface area (Å²) in [7, 11) is -4.47. The molecule has 1 fully saturated rings. The maximum absolute atomic E-state index is 14.1. The van der Waals surface area contributed by atoms with Crippen molar-refractivity contribution >= 4 is 19.2 Å². The van der Waals surface area contributed by atoms with Crippen molar-refractivity contribution in [1.82, 2.24) is 14.6 Å². The van der Waals surface area contributed by atoms with Crippen LogP contribution in [0.25, 0.3) is 5.52 Å². The maximum Gasteiger partial charge on any atom is 0.472 e. The third-order valence-electron chi connectivity index (χ3n) is 10.4. The van der Waals surface area contributed by atoms with Crippen LogP contribution >= 0.6 is 7.82 Å². The van der Waals surface area contributed by atoms with E-state index in [1.54, 1.807) is 10.6 Å². The van der Waals surface area contributed by atoms with Crippen LogP contribution in [0.2, 0.25) is 0 Å². The molecular weight excluding hydrogens is 708 g/mol. The second-order valence-corrected chi connectivity index (χ2v) is 16.6. The molecule has 0 saturated carbocycles. The van der Waals surface area contributed by atoms with Gasteiger partial charge in [-0.3, -0.25) is 9.05 Å². The van der Waals surface area contributed by atoms with Crippen molar-refractivity contribution in [1.29, 1.82) is 5.26 Å². The third-order valence-corrected chi connectivity index (χ3v) is 11.3. The minimum absolute atomic E-state index is 0.0360. The number of hydrogen-bond donors (Lipinski definition) is 2. The van der Waals surface area contributed by atoms with Crippen LogP contribution in [-0.4, -0.2) is 44.4 Å². The smallest absolute Gasteiger partial charge is 0.382 e. The molecule has 1 aromatic carbocycles. The van der Waals surface area contributed by atoms with Gasteiger partial charge in [0.25, 0.3) is 0 Å². The molecule has 0 amide bonds. The van der Waals surface area contributed by atoms with Gasteiger partial charge in [0.15, 0.2) is 5.82 Å². The maximum atomic E-state index is 14.1. The summed E-state index contributed by atoms with van der Waals surface area (Å²) in [6.45, 7) is 3.81. The first kappa shape index (κ1) is 43.8. The number of fused-ring (bicyclic) bond motifs is 1. The Morgan fingerprint density at radius 1 is 1.00 bits per heavy atom. The first-order valence-electron chi connectivity index (χ1n) is 20.3. The number of halogens is 1. The van der Waals surface area contributed by atoms with Gasteiger partial charge in [-0.1, -0.05) is 116 Å². The van der Waals surface area contributed by atoms with Crippen molar-refractivity contribution in [2.75, 3.05) is 18.9 Å². The molecule has 0 aliphatic carbocycles. The second-order valence-electron chi connectivity index (χ2n) is 15.2. The van der Waals surface area contributed by atoms with Gasteiger partial charge in [-0.05, 0) is 62.1 Å². The van der Waals surface area contributed by atoms with Crippen LogP contribution in [0.4, 0.5) is 10.2 Å². The molecular formula is C41H63FN5O6P. The van der Waals surface area contributed by atoms with Crippen molar-refractivity contribution in [2.45, 2.75) is 167 Å². The lowest BCUT2D eigenvalue weighted by Gasteiger charge is -2.26. The molecule has 13 heteroatoms. The van der Waals surface area contributed by atoms with E-state index in [1.165, 1.54) is 108 Å². The van der Waals surface area contributed by atoms with Gasteiger partial charge in [-0.25, -0.2) is 18.5 Å². The number of nitrogens with zero attached hydrogens (tertiary/aromatic N) is 4. The Balaban J connectivity index is 1.16. The molecule has 2 aromatic heterocycles. The van der Waals surface area contributed by atoms with Gasteiger partial charge in [-0.2, -0.15) is 10.4 Å². The molecule has 3 unspecified atom stereocenters. The number of benzene rings is 1. The van der Waals surface area contributed by atoms with Crippen molar-refractivity contribution in [3.8, 4) is 6.07 Å². The van der Waals surface area contributed by atoms with Gasteiger partial charge in [0.05, 0.1) is 48.9 Å². The number of aromatic nitrogens is 3. The molecule has 1 aliphatic heterocycles. The lowest BCUT2D eigenvalue weighted by molar-refractivity contribution is -0.0663. The molecule has 0 radical (unpaired) electrons. The van der Waals surface area contributed by atoms with Crippen LogP contribution in [0.3, 0.4) is 0 Å². The molecule has 4 rings (SSSR count). The number of anilines is 1. The second kappa shape index (κ2) is 23.2. The topological polar surface area (TPSA) is 154 Å². The van der Waals surface area contributed by atoms with Crippen LogP contribution in [0.5, 0.6) is 0 Å². The Kier molecular flexibility index (Phi) is 18.8. The van der Waals surface area contributed by atoms with Crippen LogP contribution < -0.4 is 5.73 Å². The van der Waals surface area contributed by atoms with Crippen LogP contribution in [0.15, 0.2) is 36.7 Å². The van der Waals surface area contributed by atoms with Crippen molar-refractivity contribution < 1.29 is 32.4 Å². The van der Waals surface area contributed by atoms with Gasteiger partial charge >= 0.3 is 7.82 Å². The molecule has 1 aliphatic rings. The molecule has 4 atom stereocenters. The quantitative estimate of drug-likeness (QED) is 0.0538. The number of nitrogens with two attached hydrogens (primary N) is 1. The molecule has 300 valence electrons. The number of unbranched alkanes of at least 4 members (excludes halogenated alkanes) is 16. The zero-order chi connectivity index (χ0) is 38.7. The van der Waals surface area contributed by atoms with Crippen molar-refractivity contribution in [3.63, 3.8) is 0 Å². The van der Waals surface area contributed by atoms with E-state index in [4.69, 9.17) is 24.3 Å². The van der Waals surface area contributed by atoms with Gasteiger partial charge in [0.2, 0.25) is 0 Å². The lowest BCUT2D eigenvalue weighted by atomic mass is 10.0. The summed E-state index contributed by atoms with van der Waals surface area (Å²) in [4.78, 5) is 14.7. The van der Waals surface area contributed by atoms with Gasteiger partial charge in [-0.15, -0.1) is 0 Å². The highest BCUT2D eigenvalue weighted by molar-refractivity contribution is 7.47. The van der Waals surface area contributed by atoms with Crippen LogP contribution in [0, 0.1) is 17.1 Å². The number of nitriles is 1. The van der Waals surface area contributed by atoms with Crippen LogP contribution in [0.1, 0.15) is 165 Å². The average molecular weight is 772 g/mol. The molecule has 3 N–H and O–H groups in total. The number of phosphoric acid groups is 1. The lowest BCUT2D eigenvalue weighted by Crippen LogP contribution is -2.30. The summed E-state index contributed by atoms with van der Waals surface area (Å²) >= 11 is 0. The standard InChI is InChI=1S/C41H63FN5O6P/c1-3-4-5-6-7-8-9-10-11-12-13-14-15-16-17-18-19-20-36(50-29-34-25-33(28-43)26-35(42)27-34)30-51-54(48,49)52-31-41(2)24-23-39(53-41)37-21-22-38-40(44)45-32-46-47(37)38/h21-22,25-27,32,36,39H,3-20,23-24,29-31H2,1-2H3,(H,48,49)(H2,44,45,46)/t36?,39?,41-/m0/s1. The highest BCUT2D eigenvalue weighted by Crippen LogP contribution is 2.47. The number of rotatable bonds is 28. The van der Waals surface area contributed by atoms with Crippen molar-refractivity contribution in [2.24, 2.45) is 0 Å². The fraction of sp³-hybridized carbons (Fsp3) is 0.683. The van der Waals surface area contributed by atoms with E-state index in [2.05, 4.69) is 17.0 Å². The predicted molar refractivity (Wildman–Crippen MR) is 209 cm³/mol. The Morgan fingerprint density at radius 2 is 1.63 bits per heavy atom. The number of phosphoric ester groups is 1. The summed E-state index contributed by atoms with van der Waals surface area (Å²) < 4.78 is 52.1. The molecule has 3 aromatic rings. The minimum Gasteiger partial charge on any atom is -0.382 e. The van der Waals surface area contributed by atoms with E-state index in [0.29, 0.717) is 36.2 Å². The Morgan fingerprint density at radius 3 is 2.26 bits per heavy atom. The number of nitrogen functional groups attached to an aromatic ring is 1. The SMILES string of the molecule is CCCCCCCCCCCCCCCCCCCC(COP(=O)(O)OC[C@]1(C)CCC(c2ccc3c(N)ncnn23)O1)OCc1cc(F)cc(C#N)c1. The number of hydrogen-bond acceptors (Lipinski definition) is 9. The van der Waals surface area contributed by atoms with Gasteiger partial charge in [0, 0.05) is 0 Å². The fourth-order valence-electron chi connectivity index (χ4n) is 7.19. The van der Waals surface area contributed by atoms with E-state index in [9.17, 15) is 19.1 Å². The summed E-state index contributed by atoms with van der Waals surface area (Å²) in [6.07, 6.45) is 24.1. The highest BCUT2D eigenvalue weighted by Gasteiger charge is 2.40. The predicted octanol–water partition coefficient (Wildman–Crippen LogP) is 10.7. The molecule has 3 heterocycles. The Bertz CT molecular complexity index is 1630. The zero-order valence-electron chi connectivity index (χ0n) is 32.6. The summed E-state index contributed by atoms with van der Waals surface area (Å²) in [5, 5.41) is 13.5. The van der Waals surface area contributed by atoms with Crippen molar-refractivity contribution in [3.05, 3.63) is 59.3 Å². The molecule has 0 bridgehead atoms. The molecule has 54 heavy (non-hydrogen) atoms. The van der Waals surface area contributed by atoms with E-state index >= 15 is 0 Å². The minimum atomic E-state index is -4.47. The summed E-state index contributed by atoms with van der Waals surface area (Å²) in [5.74, 6) is -0.150. The van der Waals surface area contributed by atoms with E-state index in [-0.39, 0.29) is 31.5 Å². The largest absolute Gasteiger partial charge is 0.472 e. The highest BCUT2D eigenvalue weighted by atomic mass is 31.2. The van der Waals surface area contributed by atoms with Crippen LogP contribution in [-0.2, 0) is 29.7 Å². The molecule has 0 spiro atoms. The monoisotopic (exact) mass is 771 g/mol. The number of ether oxygens (including phenoxy) is 2.